The first-order valence-electron chi connectivity index (χ1n) is 8.76. The zero-order valence-corrected chi connectivity index (χ0v) is 15.7. The Bertz CT molecular complexity index is 855. The van der Waals surface area contributed by atoms with E-state index in [4.69, 9.17) is 14.2 Å². The van der Waals surface area contributed by atoms with Gasteiger partial charge in [0.1, 0.15) is 23.9 Å². The fourth-order valence-corrected chi connectivity index (χ4v) is 2.14. The molecule has 0 saturated heterocycles. The van der Waals surface area contributed by atoms with Crippen molar-refractivity contribution in [1.29, 1.82) is 0 Å². The molecule has 0 aliphatic heterocycles. The summed E-state index contributed by atoms with van der Waals surface area (Å²) in [6.07, 6.45) is -4.43. The van der Waals surface area contributed by atoms with E-state index in [0.29, 0.717) is 18.1 Å². The second-order valence-electron chi connectivity index (χ2n) is 5.64. The molecule has 1 amide bonds. The summed E-state index contributed by atoms with van der Waals surface area (Å²) < 4.78 is 53.7. The van der Waals surface area contributed by atoms with Crippen LogP contribution in [0.25, 0.3) is 0 Å². The molecule has 0 radical (unpaired) electrons. The molecule has 0 saturated carbocycles. The van der Waals surface area contributed by atoms with E-state index in [9.17, 15) is 18.0 Å². The highest BCUT2D eigenvalue weighted by Crippen LogP contribution is 2.31. The van der Waals surface area contributed by atoms with Gasteiger partial charge in [-0.3, -0.25) is 4.79 Å². The molecule has 1 N–H and O–H groups in total. The summed E-state index contributed by atoms with van der Waals surface area (Å²) in [5.74, 6) is 6.23. The van der Waals surface area contributed by atoms with Crippen molar-refractivity contribution in [2.75, 3.05) is 26.4 Å². The Morgan fingerprint density at radius 2 is 1.66 bits per heavy atom. The lowest BCUT2D eigenvalue weighted by Gasteiger charge is -2.08. The Labute approximate surface area is 166 Å². The average Bonchev–Trinajstić information content (AvgIpc) is 2.70. The lowest BCUT2D eigenvalue weighted by atomic mass is 10.2. The number of carbonyl (C=O) groups excluding carboxylic acids is 1. The molecule has 29 heavy (non-hydrogen) atoms. The van der Waals surface area contributed by atoms with Crippen molar-refractivity contribution in [2.24, 2.45) is 0 Å². The van der Waals surface area contributed by atoms with Crippen LogP contribution >= 0.6 is 0 Å². The maximum atomic E-state index is 12.6. The minimum Gasteiger partial charge on any atom is -0.494 e. The third-order valence-corrected chi connectivity index (χ3v) is 3.48. The summed E-state index contributed by atoms with van der Waals surface area (Å²) in [5.41, 5.74) is -0.789. The number of hydrogen-bond donors (Lipinski definition) is 1. The molecule has 154 valence electrons. The molecule has 0 fully saturated rings. The van der Waals surface area contributed by atoms with Gasteiger partial charge >= 0.3 is 6.18 Å². The van der Waals surface area contributed by atoms with Gasteiger partial charge in [-0.25, -0.2) is 0 Å². The Morgan fingerprint density at radius 1 is 0.966 bits per heavy atom. The van der Waals surface area contributed by atoms with Crippen LogP contribution in [0.1, 0.15) is 12.5 Å². The highest BCUT2D eigenvalue weighted by atomic mass is 19.4. The van der Waals surface area contributed by atoms with Crippen molar-refractivity contribution in [2.45, 2.75) is 13.1 Å². The second kappa shape index (κ2) is 10.9. The minimum absolute atomic E-state index is 0.0669. The van der Waals surface area contributed by atoms with Gasteiger partial charge in [-0.05, 0) is 49.4 Å². The summed E-state index contributed by atoms with van der Waals surface area (Å²) in [7, 11) is 0. The normalized spacial score (nSPS) is 10.5. The van der Waals surface area contributed by atoms with E-state index in [1.807, 2.05) is 6.92 Å². The number of alkyl halides is 3. The van der Waals surface area contributed by atoms with Crippen molar-refractivity contribution in [3.8, 4) is 29.1 Å². The van der Waals surface area contributed by atoms with Crippen LogP contribution in [0.3, 0.4) is 0 Å². The molecule has 5 nitrogen and oxygen atoms in total. The molecule has 0 aliphatic rings. The fourth-order valence-electron chi connectivity index (χ4n) is 2.14. The first kappa shape index (κ1) is 22.0. The number of amides is 1. The summed E-state index contributed by atoms with van der Waals surface area (Å²) in [5, 5.41) is 2.55. The Balaban J connectivity index is 1.66. The smallest absolute Gasteiger partial charge is 0.416 e. The van der Waals surface area contributed by atoms with Crippen LogP contribution < -0.4 is 19.5 Å². The van der Waals surface area contributed by atoms with Crippen LogP contribution in [-0.4, -0.2) is 32.3 Å². The molecule has 0 aromatic heterocycles. The van der Waals surface area contributed by atoms with Gasteiger partial charge in [-0.1, -0.05) is 17.9 Å². The summed E-state index contributed by atoms with van der Waals surface area (Å²) in [6.45, 7) is 2.25. The highest BCUT2D eigenvalue weighted by Gasteiger charge is 2.30. The van der Waals surface area contributed by atoms with Crippen molar-refractivity contribution in [3.63, 3.8) is 0 Å². The molecular weight excluding hydrogens is 387 g/mol. The SMILES string of the molecule is CCOc1ccc(OCC(=O)NCC#CCOc2cccc(C(F)(F)F)c2)cc1. The number of benzene rings is 2. The van der Waals surface area contributed by atoms with Gasteiger partial charge < -0.3 is 19.5 Å². The van der Waals surface area contributed by atoms with Crippen LogP contribution in [0.15, 0.2) is 48.5 Å². The van der Waals surface area contributed by atoms with Crippen molar-refractivity contribution < 1.29 is 32.2 Å². The number of hydrogen-bond acceptors (Lipinski definition) is 4. The van der Waals surface area contributed by atoms with Gasteiger partial charge in [0.2, 0.25) is 0 Å². The maximum absolute atomic E-state index is 12.6. The average molecular weight is 407 g/mol. The zero-order valence-electron chi connectivity index (χ0n) is 15.7. The van der Waals surface area contributed by atoms with Crippen LogP contribution in [0.2, 0.25) is 0 Å². The lowest BCUT2D eigenvalue weighted by molar-refractivity contribution is -0.137. The highest BCUT2D eigenvalue weighted by molar-refractivity contribution is 5.77. The summed E-state index contributed by atoms with van der Waals surface area (Å²) in [6, 6.07) is 11.4. The van der Waals surface area contributed by atoms with Crippen LogP contribution in [0, 0.1) is 11.8 Å². The van der Waals surface area contributed by atoms with E-state index in [1.54, 1.807) is 24.3 Å². The number of rotatable bonds is 8. The quantitative estimate of drug-likeness (QED) is 0.679. The first-order valence-corrected chi connectivity index (χ1v) is 8.76. The molecule has 0 atom stereocenters. The number of ether oxygens (including phenoxy) is 3. The Kier molecular flexibility index (Phi) is 8.22. The molecule has 0 aliphatic carbocycles. The topological polar surface area (TPSA) is 56.8 Å². The van der Waals surface area contributed by atoms with Crippen LogP contribution in [0.4, 0.5) is 13.2 Å². The monoisotopic (exact) mass is 407 g/mol. The summed E-state index contributed by atoms with van der Waals surface area (Å²) in [4.78, 5) is 11.7. The van der Waals surface area contributed by atoms with E-state index in [-0.39, 0.29) is 31.4 Å². The Morgan fingerprint density at radius 3 is 2.31 bits per heavy atom. The minimum atomic E-state index is -4.43. The van der Waals surface area contributed by atoms with Gasteiger partial charge in [0.15, 0.2) is 6.61 Å². The molecular formula is C21H20F3NO4. The van der Waals surface area contributed by atoms with E-state index >= 15 is 0 Å². The molecule has 2 aromatic carbocycles. The van der Waals surface area contributed by atoms with Gasteiger partial charge in [-0.2, -0.15) is 13.2 Å². The standard InChI is InChI=1S/C21H20F3NO4/c1-2-27-17-8-10-18(11-9-17)29-15-20(26)25-12-3-4-13-28-19-7-5-6-16(14-19)21(22,23)24/h5-11,14H,2,12-13,15H2,1H3,(H,25,26). The number of nitrogens with one attached hydrogen (secondary N) is 1. The molecule has 2 aromatic rings. The third-order valence-electron chi connectivity index (χ3n) is 3.48. The van der Waals surface area contributed by atoms with Gasteiger partial charge in [0.25, 0.3) is 5.91 Å². The van der Waals surface area contributed by atoms with Gasteiger partial charge in [0.05, 0.1) is 18.7 Å². The fraction of sp³-hybridized carbons (Fsp3) is 0.286. The molecule has 0 unspecified atom stereocenters. The predicted octanol–water partition coefficient (Wildman–Crippen LogP) is 3.68. The number of halogens is 3. The molecule has 0 bridgehead atoms. The van der Waals surface area contributed by atoms with E-state index in [2.05, 4.69) is 17.2 Å². The van der Waals surface area contributed by atoms with Gasteiger partial charge in [0, 0.05) is 0 Å². The van der Waals surface area contributed by atoms with E-state index in [1.165, 1.54) is 12.1 Å². The largest absolute Gasteiger partial charge is 0.494 e. The van der Waals surface area contributed by atoms with Crippen molar-refractivity contribution in [3.05, 3.63) is 54.1 Å². The van der Waals surface area contributed by atoms with Gasteiger partial charge in [-0.15, -0.1) is 0 Å². The molecule has 8 heteroatoms. The maximum Gasteiger partial charge on any atom is 0.416 e. The number of carbonyl (C=O) groups is 1. The van der Waals surface area contributed by atoms with Crippen molar-refractivity contribution in [1.82, 2.24) is 5.32 Å². The zero-order chi connectivity index (χ0) is 21.1. The summed E-state index contributed by atoms with van der Waals surface area (Å²) >= 11 is 0. The van der Waals surface area contributed by atoms with E-state index in [0.717, 1.165) is 12.1 Å². The van der Waals surface area contributed by atoms with Crippen LogP contribution in [-0.2, 0) is 11.0 Å². The third kappa shape index (κ3) is 8.05. The van der Waals surface area contributed by atoms with Crippen LogP contribution in [0.5, 0.6) is 17.2 Å². The van der Waals surface area contributed by atoms with Crippen molar-refractivity contribution >= 4 is 5.91 Å². The molecule has 0 heterocycles. The predicted molar refractivity (Wildman–Crippen MR) is 101 cm³/mol. The molecule has 0 spiro atoms. The lowest BCUT2D eigenvalue weighted by Crippen LogP contribution is -2.29. The molecule has 2 rings (SSSR count). The van der Waals surface area contributed by atoms with E-state index < -0.39 is 11.7 Å². The first-order chi connectivity index (χ1) is 13.9. The Hall–Kier alpha value is -3.34. The second-order valence-corrected chi connectivity index (χ2v) is 5.64.